The fourth-order valence-corrected chi connectivity index (χ4v) is 2.51. The molecule has 2 aromatic rings. The van der Waals surface area contributed by atoms with E-state index in [1.807, 2.05) is 32.9 Å². The van der Waals surface area contributed by atoms with Crippen molar-refractivity contribution in [1.82, 2.24) is 15.2 Å². The summed E-state index contributed by atoms with van der Waals surface area (Å²) in [6.45, 7) is 6.45. The van der Waals surface area contributed by atoms with Gasteiger partial charge in [-0.2, -0.15) is 0 Å². The molecule has 2 atom stereocenters. The zero-order valence-electron chi connectivity index (χ0n) is 14.8. The van der Waals surface area contributed by atoms with Gasteiger partial charge in [0.05, 0.1) is 12.1 Å². The number of amides is 2. The number of carbonyl (C=O) groups is 1. The molecule has 5 nitrogen and oxygen atoms in total. The molecule has 1 aromatic carbocycles. The summed E-state index contributed by atoms with van der Waals surface area (Å²) in [6.07, 6.45) is 3.46. The van der Waals surface area contributed by atoms with Gasteiger partial charge in [0.15, 0.2) is 11.6 Å². The largest absolute Gasteiger partial charge is 0.488 e. The highest BCUT2D eigenvalue weighted by atomic mass is 19.1. The number of aromatic nitrogens is 1. The number of urea groups is 1. The maximum atomic E-state index is 13.6. The van der Waals surface area contributed by atoms with Crippen LogP contribution in [0.4, 0.5) is 9.18 Å². The van der Waals surface area contributed by atoms with Crippen molar-refractivity contribution in [3.63, 3.8) is 0 Å². The summed E-state index contributed by atoms with van der Waals surface area (Å²) in [5, 5.41) is 2.89. The number of nitrogens with one attached hydrogen (secondary N) is 1. The lowest BCUT2D eigenvalue weighted by atomic mass is 10.1. The van der Waals surface area contributed by atoms with E-state index in [0.717, 1.165) is 5.56 Å². The van der Waals surface area contributed by atoms with Crippen molar-refractivity contribution in [2.75, 3.05) is 13.2 Å². The first-order valence-corrected chi connectivity index (χ1v) is 8.37. The normalized spacial score (nSPS) is 13.0. The Kier molecular flexibility index (Phi) is 6.74. The molecule has 0 aliphatic rings. The van der Waals surface area contributed by atoms with Gasteiger partial charge in [0.1, 0.15) is 6.61 Å². The second-order valence-corrected chi connectivity index (χ2v) is 5.84. The Morgan fingerprint density at radius 1 is 1.28 bits per heavy atom. The lowest BCUT2D eigenvalue weighted by molar-refractivity contribution is 0.173. The molecule has 0 bridgehead atoms. The molecule has 6 heteroatoms. The number of pyridine rings is 1. The molecular weight excluding hydrogens is 321 g/mol. The van der Waals surface area contributed by atoms with Gasteiger partial charge in [-0.3, -0.25) is 4.98 Å². The molecule has 1 aromatic heterocycles. The highest BCUT2D eigenvalue weighted by molar-refractivity contribution is 5.75. The zero-order chi connectivity index (χ0) is 18.2. The molecule has 0 fully saturated rings. The predicted octanol–water partition coefficient (Wildman–Crippen LogP) is 3.78. The monoisotopic (exact) mass is 345 g/mol. The third-order valence-corrected chi connectivity index (χ3v) is 3.93. The molecule has 2 rings (SSSR count). The first-order chi connectivity index (χ1) is 12.0. The van der Waals surface area contributed by atoms with E-state index in [4.69, 9.17) is 4.74 Å². The first kappa shape index (κ1) is 18.7. The van der Waals surface area contributed by atoms with E-state index in [-0.39, 0.29) is 30.5 Å². The van der Waals surface area contributed by atoms with Crippen molar-refractivity contribution in [3.05, 3.63) is 60.2 Å². The van der Waals surface area contributed by atoms with Gasteiger partial charge in [-0.15, -0.1) is 0 Å². The molecule has 0 saturated carbocycles. The Hall–Kier alpha value is -2.63. The highest BCUT2D eigenvalue weighted by Crippen LogP contribution is 2.19. The van der Waals surface area contributed by atoms with Crippen LogP contribution in [0.25, 0.3) is 0 Å². The van der Waals surface area contributed by atoms with Gasteiger partial charge in [0, 0.05) is 18.9 Å². The predicted molar refractivity (Wildman–Crippen MR) is 94.9 cm³/mol. The zero-order valence-corrected chi connectivity index (χ0v) is 14.8. The molecule has 0 saturated heterocycles. The Bertz CT molecular complexity index is 681. The van der Waals surface area contributed by atoms with Crippen LogP contribution in [0.3, 0.4) is 0 Å². The Labute approximate surface area is 147 Å². The molecule has 0 spiro atoms. The van der Waals surface area contributed by atoms with E-state index in [0.29, 0.717) is 6.54 Å². The summed E-state index contributed by atoms with van der Waals surface area (Å²) in [5.74, 6) is -0.235. The maximum Gasteiger partial charge on any atom is 0.318 e. The second-order valence-electron chi connectivity index (χ2n) is 5.84. The minimum Gasteiger partial charge on any atom is -0.488 e. The van der Waals surface area contributed by atoms with Crippen LogP contribution in [0.2, 0.25) is 0 Å². The number of rotatable bonds is 7. The molecule has 0 aliphatic carbocycles. The van der Waals surface area contributed by atoms with E-state index in [9.17, 15) is 9.18 Å². The second kappa shape index (κ2) is 9.01. The van der Waals surface area contributed by atoms with Crippen LogP contribution < -0.4 is 10.1 Å². The fraction of sp³-hybridized carbons (Fsp3) is 0.368. The number of hydrogen-bond acceptors (Lipinski definition) is 3. The van der Waals surface area contributed by atoms with Gasteiger partial charge >= 0.3 is 6.03 Å². The number of carbonyl (C=O) groups excluding carboxylic acids is 1. The fourth-order valence-electron chi connectivity index (χ4n) is 2.51. The van der Waals surface area contributed by atoms with Crippen LogP contribution in [0.1, 0.15) is 32.4 Å². The molecular formula is C19H24FN3O2. The van der Waals surface area contributed by atoms with E-state index in [1.165, 1.54) is 6.07 Å². The maximum absolute atomic E-state index is 13.6. The van der Waals surface area contributed by atoms with E-state index < -0.39 is 5.82 Å². The van der Waals surface area contributed by atoms with Crippen molar-refractivity contribution in [1.29, 1.82) is 0 Å². The molecule has 1 N–H and O–H groups in total. The number of nitrogens with zero attached hydrogens (tertiary/aromatic N) is 2. The van der Waals surface area contributed by atoms with Crippen molar-refractivity contribution in [2.45, 2.75) is 32.9 Å². The van der Waals surface area contributed by atoms with Crippen molar-refractivity contribution in [2.24, 2.45) is 0 Å². The Morgan fingerprint density at radius 2 is 2.04 bits per heavy atom. The third kappa shape index (κ3) is 5.17. The smallest absolute Gasteiger partial charge is 0.318 e. The van der Waals surface area contributed by atoms with Crippen LogP contribution >= 0.6 is 0 Å². The highest BCUT2D eigenvalue weighted by Gasteiger charge is 2.21. The van der Waals surface area contributed by atoms with Crippen LogP contribution in [0.5, 0.6) is 5.75 Å². The van der Waals surface area contributed by atoms with Gasteiger partial charge in [-0.05, 0) is 44.5 Å². The molecule has 25 heavy (non-hydrogen) atoms. The van der Waals surface area contributed by atoms with Crippen LogP contribution in [0.15, 0.2) is 48.8 Å². The van der Waals surface area contributed by atoms with Crippen LogP contribution in [-0.2, 0) is 0 Å². The lowest BCUT2D eigenvalue weighted by Gasteiger charge is -2.29. The average Bonchev–Trinajstić information content (AvgIpc) is 2.62. The summed E-state index contributed by atoms with van der Waals surface area (Å²) >= 11 is 0. The molecule has 0 unspecified atom stereocenters. The van der Waals surface area contributed by atoms with Crippen molar-refractivity contribution >= 4 is 6.03 Å². The number of hydrogen-bond donors (Lipinski definition) is 1. The summed E-state index contributed by atoms with van der Waals surface area (Å²) in [6, 6.07) is 9.45. The number of benzene rings is 1. The first-order valence-electron chi connectivity index (χ1n) is 8.37. The summed E-state index contributed by atoms with van der Waals surface area (Å²) in [7, 11) is 0. The Morgan fingerprint density at radius 3 is 2.68 bits per heavy atom. The standard InChI is InChI=1S/C19H24FN3O2/c1-4-23(15(3)16-8-7-11-21-12-16)19(24)22-14(2)13-25-18-10-6-5-9-17(18)20/h5-12,14-15H,4,13H2,1-3H3,(H,22,24)/t14-,15-/m0/s1. The van der Waals surface area contributed by atoms with Gasteiger partial charge in [-0.1, -0.05) is 18.2 Å². The molecule has 1 heterocycles. The van der Waals surface area contributed by atoms with Crippen LogP contribution in [0, 0.1) is 5.82 Å². The number of para-hydroxylation sites is 1. The van der Waals surface area contributed by atoms with E-state index >= 15 is 0 Å². The minimum atomic E-state index is -0.415. The van der Waals surface area contributed by atoms with Crippen molar-refractivity contribution < 1.29 is 13.9 Å². The van der Waals surface area contributed by atoms with Gasteiger partial charge < -0.3 is 15.0 Å². The van der Waals surface area contributed by atoms with Crippen molar-refractivity contribution in [3.8, 4) is 5.75 Å². The Balaban J connectivity index is 1.91. The molecule has 134 valence electrons. The molecule has 0 radical (unpaired) electrons. The topological polar surface area (TPSA) is 54.5 Å². The molecule has 2 amide bonds. The number of ether oxygens (including phenoxy) is 1. The number of halogens is 1. The SMILES string of the molecule is CCN(C(=O)N[C@@H](C)COc1ccccc1F)[C@@H](C)c1cccnc1. The van der Waals surface area contributed by atoms with E-state index in [1.54, 1.807) is 35.5 Å². The van der Waals surface area contributed by atoms with E-state index in [2.05, 4.69) is 10.3 Å². The molecule has 0 aliphatic heterocycles. The van der Waals surface area contributed by atoms with Gasteiger partial charge in [-0.25, -0.2) is 9.18 Å². The third-order valence-electron chi connectivity index (χ3n) is 3.93. The van der Waals surface area contributed by atoms with Gasteiger partial charge in [0.2, 0.25) is 0 Å². The summed E-state index contributed by atoms with van der Waals surface area (Å²) < 4.78 is 19.0. The quantitative estimate of drug-likeness (QED) is 0.831. The minimum absolute atomic E-state index is 0.0987. The summed E-state index contributed by atoms with van der Waals surface area (Å²) in [4.78, 5) is 18.4. The summed E-state index contributed by atoms with van der Waals surface area (Å²) in [5.41, 5.74) is 0.967. The average molecular weight is 345 g/mol. The lowest BCUT2D eigenvalue weighted by Crippen LogP contribution is -2.46. The van der Waals surface area contributed by atoms with Gasteiger partial charge in [0.25, 0.3) is 0 Å². The van der Waals surface area contributed by atoms with Crippen LogP contribution in [-0.4, -0.2) is 35.1 Å².